The van der Waals surface area contributed by atoms with E-state index in [2.05, 4.69) is 21.5 Å². The van der Waals surface area contributed by atoms with Crippen molar-refractivity contribution in [3.8, 4) is 11.1 Å². The van der Waals surface area contributed by atoms with Crippen LogP contribution in [-0.4, -0.2) is 39.6 Å². The number of rotatable bonds is 3. The van der Waals surface area contributed by atoms with Crippen molar-refractivity contribution >= 4 is 17.3 Å². The Kier molecular flexibility index (Phi) is 4.14. The summed E-state index contributed by atoms with van der Waals surface area (Å²) in [6.07, 6.45) is 7.01. The molecule has 0 aliphatic carbocycles. The molecule has 6 heteroatoms. The van der Waals surface area contributed by atoms with E-state index in [1.807, 2.05) is 12.1 Å². The van der Waals surface area contributed by atoms with Crippen LogP contribution in [0.15, 0.2) is 59.2 Å². The fraction of sp³-hybridized carbons (Fsp3) is 0.176. The first-order valence-electron chi connectivity index (χ1n) is 7.28. The minimum absolute atomic E-state index is 0.116. The normalized spacial score (nSPS) is 15.8. The third-order valence-corrected chi connectivity index (χ3v) is 3.71. The van der Waals surface area contributed by atoms with Gasteiger partial charge in [-0.25, -0.2) is 0 Å². The molecule has 1 aliphatic heterocycles. The Morgan fingerprint density at radius 2 is 2.13 bits per heavy atom. The van der Waals surface area contributed by atoms with Crippen LogP contribution in [-0.2, 0) is 4.79 Å². The highest BCUT2D eigenvalue weighted by Gasteiger charge is 2.21. The third kappa shape index (κ3) is 3.26. The van der Waals surface area contributed by atoms with Crippen LogP contribution in [0.3, 0.4) is 0 Å². The van der Waals surface area contributed by atoms with Crippen LogP contribution in [0.25, 0.3) is 11.1 Å². The SMILES string of the molecule is C=CC(=O)N1CCC(=Nc2cc(-c3ccncc3)c[nH]c2=O)C1. The van der Waals surface area contributed by atoms with E-state index in [0.29, 0.717) is 25.2 Å². The van der Waals surface area contributed by atoms with Crippen LogP contribution < -0.4 is 5.56 Å². The zero-order chi connectivity index (χ0) is 16.2. The van der Waals surface area contributed by atoms with E-state index in [1.165, 1.54) is 6.08 Å². The molecular weight excluding hydrogens is 292 g/mol. The van der Waals surface area contributed by atoms with Gasteiger partial charge in [-0.1, -0.05) is 6.58 Å². The third-order valence-electron chi connectivity index (χ3n) is 3.71. The molecule has 0 unspecified atom stereocenters. The van der Waals surface area contributed by atoms with Crippen LogP contribution in [0.1, 0.15) is 6.42 Å². The molecule has 23 heavy (non-hydrogen) atoms. The number of hydrogen-bond acceptors (Lipinski definition) is 4. The van der Waals surface area contributed by atoms with Crippen molar-refractivity contribution in [2.75, 3.05) is 13.1 Å². The average molecular weight is 308 g/mol. The molecule has 3 rings (SSSR count). The van der Waals surface area contributed by atoms with Crippen molar-refractivity contribution in [3.63, 3.8) is 0 Å². The van der Waals surface area contributed by atoms with E-state index in [9.17, 15) is 9.59 Å². The number of aromatic nitrogens is 2. The Labute approximate surface area is 133 Å². The lowest BCUT2D eigenvalue weighted by Gasteiger charge is -2.10. The van der Waals surface area contributed by atoms with Gasteiger partial charge in [-0.05, 0) is 29.8 Å². The molecular formula is C17H16N4O2. The zero-order valence-electron chi connectivity index (χ0n) is 12.5. The summed E-state index contributed by atoms with van der Waals surface area (Å²) < 4.78 is 0. The highest BCUT2D eigenvalue weighted by molar-refractivity contribution is 5.97. The van der Waals surface area contributed by atoms with Gasteiger partial charge in [-0.3, -0.25) is 19.6 Å². The van der Waals surface area contributed by atoms with Gasteiger partial charge in [-0.2, -0.15) is 0 Å². The number of nitrogens with zero attached hydrogens (tertiary/aromatic N) is 3. The molecule has 3 heterocycles. The Bertz CT molecular complexity index is 824. The summed E-state index contributed by atoms with van der Waals surface area (Å²) in [6, 6.07) is 5.48. The second kappa shape index (κ2) is 6.39. The van der Waals surface area contributed by atoms with Gasteiger partial charge in [-0.15, -0.1) is 0 Å². The van der Waals surface area contributed by atoms with E-state index < -0.39 is 0 Å². The summed E-state index contributed by atoms with van der Waals surface area (Å²) in [5, 5.41) is 0. The largest absolute Gasteiger partial charge is 0.333 e. The summed E-state index contributed by atoms with van der Waals surface area (Å²) in [5.41, 5.74) is 2.74. The molecule has 0 spiro atoms. The van der Waals surface area contributed by atoms with Gasteiger partial charge in [0.2, 0.25) is 5.91 Å². The maximum Gasteiger partial charge on any atom is 0.273 e. The van der Waals surface area contributed by atoms with Gasteiger partial charge in [0.05, 0.1) is 6.54 Å². The number of aromatic amines is 1. The molecule has 2 aromatic rings. The highest BCUT2D eigenvalue weighted by Crippen LogP contribution is 2.21. The number of H-pyrrole nitrogens is 1. The van der Waals surface area contributed by atoms with E-state index in [4.69, 9.17) is 0 Å². The standard InChI is InChI=1S/C17H16N4O2/c1-2-16(22)21-8-5-14(11-21)20-15-9-13(10-19-17(15)23)12-3-6-18-7-4-12/h2-4,6-7,9-10H,1,5,8,11H2,(H,19,23). The number of aliphatic imine (C=N–C) groups is 1. The summed E-state index contributed by atoms with van der Waals surface area (Å²) in [7, 11) is 0. The van der Waals surface area contributed by atoms with Crippen LogP contribution in [0, 0.1) is 0 Å². The van der Waals surface area contributed by atoms with Gasteiger partial charge in [0.15, 0.2) is 0 Å². The second-order valence-electron chi connectivity index (χ2n) is 5.23. The number of carbonyl (C=O) groups excluding carboxylic acids is 1. The van der Waals surface area contributed by atoms with Crippen molar-refractivity contribution < 1.29 is 4.79 Å². The maximum atomic E-state index is 12.0. The van der Waals surface area contributed by atoms with E-state index in [1.54, 1.807) is 29.6 Å². The Balaban J connectivity index is 1.89. The molecule has 1 aliphatic rings. The van der Waals surface area contributed by atoms with Gasteiger partial charge < -0.3 is 9.88 Å². The molecule has 1 fully saturated rings. The lowest BCUT2D eigenvalue weighted by Crippen LogP contribution is -2.26. The second-order valence-corrected chi connectivity index (χ2v) is 5.23. The molecule has 1 amide bonds. The van der Waals surface area contributed by atoms with Gasteiger partial charge in [0, 0.05) is 42.8 Å². The van der Waals surface area contributed by atoms with Crippen molar-refractivity contribution in [1.82, 2.24) is 14.9 Å². The number of hydrogen-bond donors (Lipinski definition) is 1. The molecule has 1 saturated heterocycles. The molecule has 0 saturated carbocycles. The summed E-state index contributed by atoms with van der Waals surface area (Å²) >= 11 is 0. The fourth-order valence-electron chi connectivity index (χ4n) is 2.49. The molecule has 1 N–H and O–H groups in total. The van der Waals surface area contributed by atoms with Crippen LogP contribution in [0.4, 0.5) is 5.69 Å². The van der Waals surface area contributed by atoms with E-state index >= 15 is 0 Å². The van der Waals surface area contributed by atoms with Crippen molar-refractivity contribution in [2.45, 2.75) is 6.42 Å². The number of nitrogens with one attached hydrogen (secondary N) is 1. The van der Waals surface area contributed by atoms with Crippen LogP contribution >= 0.6 is 0 Å². The minimum Gasteiger partial charge on any atom is -0.333 e. The lowest BCUT2D eigenvalue weighted by atomic mass is 10.1. The fourth-order valence-corrected chi connectivity index (χ4v) is 2.49. The maximum absolute atomic E-state index is 12.0. The van der Waals surface area contributed by atoms with Crippen molar-refractivity contribution in [3.05, 3.63) is 59.8 Å². The summed E-state index contributed by atoms with van der Waals surface area (Å²) in [6.45, 7) is 4.52. The smallest absolute Gasteiger partial charge is 0.273 e. The van der Waals surface area contributed by atoms with Crippen molar-refractivity contribution in [1.29, 1.82) is 0 Å². The lowest BCUT2D eigenvalue weighted by molar-refractivity contribution is -0.124. The summed E-state index contributed by atoms with van der Waals surface area (Å²) in [5.74, 6) is -0.116. The molecule has 0 atom stereocenters. The number of amides is 1. The predicted molar refractivity (Wildman–Crippen MR) is 88.8 cm³/mol. The summed E-state index contributed by atoms with van der Waals surface area (Å²) in [4.78, 5) is 36.4. The zero-order valence-corrected chi connectivity index (χ0v) is 12.5. The van der Waals surface area contributed by atoms with Crippen LogP contribution in [0.5, 0.6) is 0 Å². The minimum atomic E-state index is -0.246. The number of pyridine rings is 2. The predicted octanol–water partition coefficient (Wildman–Crippen LogP) is 1.93. The van der Waals surface area contributed by atoms with E-state index in [0.717, 1.165) is 16.8 Å². The molecule has 0 radical (unpaired) electrons. The van der Waals surface area contributed by atoms with E-state index in [-0.39, 0.29) is 11.5 Å². The molecule has 6 nitrogen and oxygen atoms in total. The first kappa shape index (κ1) is 14.9. The van der Waals surface area contributed by atoms with Gasteiger partial charge in [0.25, 0.3) is 5.56 Å². The molecule has 0 aromatic carbocycles. The topological polar surface area (TPSA) is 78.4 Å². The van der Waals surface area contributed by atoms with Crippen molar-refractivity contribution in [2.24, 2.45) is 4.99 Å². The quantitative estimate of drug-likeness (QED) is 0.880. The average Bonchev–Trinajstić information content (AvgIpc) is 3.05. The van der Waals surface area contributed by atoms with Gasteiger partial charge in [0.1, 0.15) is 5.69 Å². The Hall–Kier alpha value is -3.02. The molecule has 116 valence electrons. The molecule has 2 aromatic heterocycles. The van der Waals surface area contributed by atoms with Gasteiger partial charge >= 0.3 is 0 Å². The first-order valence-corrected chi connectivity index (χ1v) is 7.28. The highest BCUT2D eigenvalue weighted by atomic mass is 16.2. The Morgan fingerprint density at radius 1 is 1.35 bits per heavy atom. The van der Waals surface area contributed by atoms with Crippen LogP contribution in [0.2, 0.25) is 0 Å². The first-order chi connectivity index (χ1) is 11.2. The Morgan fingerprint density at radius 3 is 2.87 bits per heavy atom. The molecule has 0 bridgehead atoms. The number of carbonyl (C=O) groups is 1. The number of likely N-dealkylation sites (tertiary alicyclic amines) is 1. The monoisotopic (exact) mass is 308 g/mol.